The third-order valence-electron chi connectivity index (χ3n) is 24.7. The fourth-order valence-corrected chi connectivity index (χ4v) is 19.7. The molecule has 716 valence electrons. The third-order valence-corrected chi connectivity index (χ3v) is 27.1. The van der Waals surface area contributed by atoms with Gasteiger partial charge < -0.3 is 21.0 Å². The van der Waals surface area contributed by atoms with Gasteiger partial charge in [-0.3, -0.25) is 0 Å². The maximum absolute atomic E-state index is 8.02. The zero-order chi connectivity index (χ0) is 123. The smallest absolute Gasteiger partial charge is 0.227 e. The number of para-hydroxylation sites is 4. The summed E-state index contributed by atoms with van der Waals surface area (Å²) >= 11 is 46.1. The highest BCUT2D eigenvalue weighted by Crippen LogP contribution is 2.55. The Morgan fingerprint density at radius 3 is 0.917 bits per heavy atom. The van der Waals surface area contributed by atoms with Crippen LogP contribution in [0.3, 0.4) is 0 Å². The fourth-order valence-electron chi connectivity index (χ4n) is 17.9. The predicted molar refractivity (Wildman–Crippen MR) is 613 cm³/mol. The van der Waals surface area contributed by atoms with E-state index in [0.717, 1.165) is 20.9 Å². The van der Waals surface area contributed by atoms with Crippen molar-refractivity contribution in [2.45, 2.75) is 77.0 Å². The second kappa shape index (κ2) is 44.3. The Kier molecular flexibility index (Phi) is 22.6. The lowest BCUT2D eigenvalue weighted by Crippen LogP contribution is -2.15. The van der Waals surface area contributed by atoms with Gasteiger partial charge in [-0.2, -0.15) is 34.9 Å². The largest absolute Gasteiger partial charge is 0.398 e. The molecule has 26 rings (SSSR count). The predicted octanol–water partition coefficient (Wildman–Crippen LogP) is 36.3. The van der Waals surface area contributed by atoms with Crippen molar-refractivity contribution in [3.05, 3.63) is 496 Å². The second-order valence-corrected chi connectivity index (χ2v) is 39.3. The molecule has 22 heteroatoms. The zero-order valence-corrected chi connectivity index (χ0v) is 86.7. The van der Waals surface area contributed by atoms with Crippen molar-refractivity contribution in [3.8, 4) is 90.1 Å². The summed E-state index contributed by atoms with van der Waals surface area (Å²) in [6.45, 7) is 18.5. The quantitative estimate of drug-likeness (QED) is 0.116. The van der Waals surface area contributed by atoms with Crippen molar-refractivity contribution < 1.29 is 34.3 Å². The van der Waals surface area contributed by atoms with Crippen molar-refractivity contribution in [2.75, 3.05) is 11.1 Å². The number of anilines is 3. The number of halogens is 9. The maximum Gasteiger partial charge on any atom is 0.227 e. The molecule has 0 aliphatic heterocycles. The maximum atomic E-state index is 8.02. The number of aromatic nitrogens is 11. The summed E-state index contributed by atoms with van der Waals surface area (Å²) in [5, 5.41) is 9.16. The van der Waals surface area contributed by atoms with Gasteiger partial charge in [-0.25, -0.2) is 9.97 Å². The Morgan fingerprint density at radius 2 is 0.552 bits per heavy atom. The highest BCUT2D eigenvalue weighted by molar-refractivity contribution is 9.10. The van der Waals surface area contributed by atoms with E-state index in [4.69, 9.17) is 121 Å². The summed E-state index contributed by atoms with van der Waals surface area (Å²) in [4.78, 5) is 40.7. The molecule has 0 saturated carbocycles. The number of nitrogens with one attached hydrogen (secondary N) is 3. The Bertz CT molecular complexity index is 9320. The SMILES string of the molecule is CC1(C)c2ccccc2-c2cc3c(cc21)[nH]c1ccccc13.CC1(C)c2ccccc2-c2cc3c(cc21)[nH]c1ccccc13.CC1(C)c2ccccc2-c2ccc(Br)cc21.CC1(C)c2ccccc2-c2ccc(Nc3ccccc3Cl)cc21.Clc1nc(Cl)nc(Cl)n1.Nc1ccccc1Cl.[2H]c1c([2H])c([2H])c(-c2nc(Cl)nc(-c3c([2H])c([2H])c([2H])c([2H])c3[2H])n2)c([2H])c1[2H].[2H]c1c([2H])c([2H])c(-c2nc(Cl)nc(-c3c([2H])c([2H])c([2H])c([2H])c3[2H])n2)c([2H])c1[2H].[2H]c1c([2H])c([2H])c(Br)c([2H])c1[2H]. The number of nitrogens with two attached hydrogens (primary N) is 1. The number of aromatic amines is 2. The molecule has 5 N–H and O–H groups in total. The molecule has 13 nitrogen and oxygen atoms in total. The second-order valence-electron chi connectivity index (χ2n) is 35.1. The van der Waals surface area contributed by atoms with Crippen LogP contribution in [-0.2, 0) is 21.7 Å². The van der Waals surface area contributed by atoms with Crippen molar-refractivity contribution in [1.29, 1.82) is 0 Å². The molecule has 4 aliphatic carbocycles. The van der Waals surface area contributed by atoms with E-state index in [1.807, 2.05) is 36.4 Å². The van der Waals surface area contributed by atoms with Gasteiger partial charge in [-0.05, 0) is 244 Å². The molecule has 145 heavy (non-hydrogen) atoms. The topological polar surface area (TPSA) is 186 Å². The van der Waals surface area contributed by atoms with Gasteiger partial charge in [0.15, 0.2) is 23.3 Å². The molecular weight excluding hydrogens is 2070 g/mol. The molecule has 22 aromatic rings. The Morgan fingerprint density at radius 1 is 0.255 bits per heavy atom. The van der Waals surface area contributed by atoms with Crippen LogP contribution >= 0.6 is 113 Å². The van der Waals surface area contributed by atoms with Gasteiger partial charge in [0.05, 0.1) is 55.7 Å². The summed E-state index contributed by atoms with van der Waals surface area (Å²) in [5.74, 6) is -1.54. The van der Waals surface area contributed by atoms with Crippen molar-refractivity contribution in [2.24, 2.45) is 0 Å². The van der Waals surface area contributed by atoms with E-state index >= 15 is 0 Å². The van der Waals surface area contributed by atoms with E-state index in [0.29, 0.717) is 10.7 Å². The van der Waals surface area contributed by atoms with Gasteiger partial charge in [0.1, 0.15) is 0 Å². The molecule has 4 aliphatic rings. The number of H-pyrrole nitrogens is 2. The Balaban J connectivity index is 0.000000125. The van der Waals surface area contributed by atoms with Gasteiger partial charge in [0, 0.05) is 102 Å². The van der Waals surface area contributed by atoms with Crippen molar-refractivity contribution >= 4 is 174 Å². The molecule has 5 aromatic heterocycles. The first kappa shape index (κ1) is 73.9. The standard InChI is InChI=1S/C21H18ClN.2C21H17N.C15H13Br.2C15H10ClN3.C6H5Br.C6H6ClN.C3Cl3N3/c1-21(2)17-8-4-3-7-15(17)16-12-11-14(13-18(16)21)23-20-10-6-5-9-19(20)22;2*1-21(2)17-9-5-3-7-13(17)15-11-16-14-8-4-6-10-19(14)22-20(16)12-18(15)21;1-15(2)13-6-4-3-5-11(13)12-8-7-10(16)9-14(12)15;2*16-15-18-13(11-7-3-1-4-8-11)17-14(19-15)12-9-5-2-6-10-12;7-6-4-2-1-3-5-6;7-5-3-1-2-4-6(5)8;4-1-7-2(5)9-3(6)8-1/h3-13,23H,1-2H3;2*3-12,22H,1-2H3;3-9H,1-2H3;2*1-10H;1-5H;1-4H,8H2;/i;;;;2*1D,2D,3D,4D,5D,6D,7D,8D,9D,10D;1D,2D,3D,4D,5D;;. The molecule has 0 amide bonds. The molecule has 0 bridgehead atoms. The molecule has 17 aromatic carbocycles. The van der Waals surface area contributed by atoms with E-state index in [9.17, 15) is 0 Å². The number of nitrogens with zero attached hydrogens (tertiary/aromatic N) is 9. The average molecular weight is 2190 g/mol. The zero-order valence-electron chi connectivity index (χ0n) is 103. The molecule has 0 radical (unpaired) electrons. The number of nitrogen functional groups attached to an aromatic ring is 1. The monoisotopic (exact) mass is 2180 g/mol. The lowest BCUT2D eigenvalue weighted by atomic mass is 9.82. The van der Waals surface area contributed by atoms with E-state index in [2.05, 4.69) is 354 Å². The molecule has 0 atom stereocenters. The number of rotatable bonds is 6. The van der Waals surface area contributed by atoms with Crippen LogP contribution in [0.4, 0.5) is 17.1 Å². The van der Waals surface area contributed by atoms with Gasteiger partial charge in [0.25, 0.3) is 0 Å². The lowest BCUT2D eigenvalue weighted by Gasteiger charge is -2.22. The fraction of sp³-hybridized carbons (Fsp3) is 0.0976. The van der Waals surface area contributed by atoms with Crippen molar-refractivity contribution in [3.63, 3.8) is 0 Å². The Labute approximate surface area is 930 Å². The first-order chi connectivity index (χ1) is 80.4. The molecule has 0 saturated heterocycles. The minimum Gasteiger partial charge on any atom is -0.398 e. The van der Waals surface area contributed by atoms with Crippen LogP contribution in [0, 0.1) is 0 Å². The van der Waals surface area contributed by atoms with E-state index < -0.39 is 131 Å². The van der Waals surface area contributed by atoms with Crippen molar-refractivity contribution in [1.82, 2.24) is 54.8 Å². The van der Waals surface area contributed by atoms with Gasteiger partial charge in [-0.1, -0.05) is 419 Å². The summed E-state index contributed by atoms with van der Waals surface area (Å²) < 4.78 is 194. The molecule has 0 unspecified atom stereocenters. The number of hydrogen-bond acceptors (Lipinski definition) is 11. The van der Waals surface area contributed by atoms with Crippen LogP contribution in [0.2, 0.25) is 36.5 Å². The molecular formula is C123H96Br2Cl7N13. The molecule has 0 fully saturated rings. The van der Waals surface area contributed by atoms with Gasteiger partial charge >= 0.3 is 0 Å². The highest BCUT2D eigenvalue weighted by Gasteiger charge is 2.40. The molecule has 5 heterocycles. The number of hydrogen-bond donors (Lipinski definition) is 4. The highest BCUT2D eigenvalue weighted by atomic mass is 79.9. The summed E-state index contributed by atoms with van der Waals surface area (Å²) in [6.07, 6.45) is 0. The minimum absolute atomic E-state index is 0.000000000000000444. The van der Waals surface area contributed by atoms with Crippen LogP contribution in [-0.4, -0.2) is 54.8 Å². The molecule has 0 spiro atoms. The minimum atomic E-state index is -0.609. The first-order valence-electron chi connectivity index (χ1n) is 57.4. The normalized spacial score (nSPS) is 15.2. The Hall–Kier alpha value is -14.0. The number of benzene rings is 17. The lowest BCUT2D eigenvalue weighted by molar-refractivity contribution is 0.660. The average Bonchev–Trinajstić information content (AvgIpc) is 1.58. The third kappa shape index (κ3) is 22.4. The summed E-state index contributed by atoms with van der Waals surface area (Å²) in [6, 6.07) is 76.4. The van der Waals surface area contributed by atoms with E-state index in [1.165, 1.54) is 133 Å². The van der Waals surface area contributed by atoms with Crippen LogP contribution < -0.4 is 11.1 Å². The van der Waals surface area contributed by atoms with Crippen LogP contribution in [0.5, 0.6) is 0 Å². The van der Waals surface area contributed by atoms with Gasteiger partial charge in [0.2, 0.25) is 26.4 Å². The van der Waals surface area contributed by atoms with Gasteiger partial charge in [-0.15, -0.1) is 0 Å². The van der Waals surface area contributed by atoms with Crippen LogP contribution in [0.15, 0.2) is 415 Å². The van der Waals surface area contributed by atoms with E-state index in [-0.39, 0.29) is 118 Å². The first-order valence-corrected chi connectivity index (χ1v) is 49.2. The van der Waals surface area contributed by atoms with E-state index in [1.54, 1.807) is 12.1 Å². The summed E-state index contributed by atoms with van der Waals surface area (Å²) in [7, 11) is 0. The summed E-state index contributed by atoms with van der Waals surface area (Å²) in [5.41, 5.74) is 34.1. The number of fused-ring (bicyclic) bond motifs is 18. The van der Waals surface area contributed by atoms with Crippen LogP contribution in [0.25, 0.3) is 134 Å². The van der Waals surface area contributed by atoms with Crippen LogP contribution in [0.1, 0.15) is 134 Å².